The van der Waals surface area contributed by atoms with Crippen LogP contribution < -0.4 is 5.63 Å². The first-order valence-electron chi connectivity index (χ1n) is 10.4. The summed E-state index contributed by atoms with van der Waals surface area (Å²) >= 11 is 6.06. The fraction of sp³-hybridized carbons (Fsp3) is 0.208. The van der Waals surface area contributed by atoms with Crippen LogP contribution in [0.5, 0.6) is 5.75 Å². The molecule has 1 aliphatic heterocycles. The molecule has 1 aliphatic rings. The van der Waals surface area contributed by atoms with Gasteiger partial charge in [-0.1, -0.05) is 23.7 Å². The number of alkyl halides is 3. The largest absolute Gasteiger partial charge is 0.507 e. The highest BCUT2D eigenvalue weighted by molar-refractivity contribution is 6.35. The lowest BCUT2D eigenvalue weighted by Crippen LogP contribution is -2.20. The molecule has 0 aliphatic carbocycles. The van der Waals surface area contributed by atoms with E-state index in [1.807, 2.05) is 0 Å². The van der Waals surface area contributed by atoms with E-state index in [1.54, 1.807) is 16.7 Å². The molecule has 10 heteroatoms. The zero-order chi connectivity index (χ0) is 24.2. The molecule has 0 atom stereocenters. The summed E-state index contributed by atoms with van der Waals surface area (Å²) in [7, 11) is 0. The quantitative estimate of drug-likeness (QED) is 0.299. The van der Waals surface area contributed by atoms with Crippen molar-refractivity contribution in [3.63, 3.8) is 0 Å². The van der Waals surface area contributed by atoms with E-state index in [2.05, 4.69) is 4.98 Å². The highest BCUT2D eigenvalue weighted by Gasteiger charge is 2.38. The van der Waals surface area contributed by atoms with E-state index in [0.29, 0.717) is 35.3 Å². The first-order chi connectivity index (χ1) is 16.1. The van der Waals surface area contributed by atoms with E-state index >= 15 is 0 Å². The predicted molar refractivity (Wildman–Crippen MR) is 118 cm³/mol. The van der Waals surface area contributed by atoms with Gasteiger partial charge in [0.2, 0.25) is 5.78 Å². The van der Waals surface area contributed by atoms with Gasteiger partial charge in [-0.3, -0.25) is 4.79 Å². The Bertz CT molecular complexity index is 1520. The highest BCUT2D eigenvalue weighted by atomic mass is 35.5. The van der Waals surface area contributed by atoms with Gasteiger partial charge in [-0.15, -0.1) is 0 Å². The van der Waals surface area contributed by atoms with Crippen molar-refractivity contribution in [2.75, 3.05) is 0 Å². The molecule has 2 aromatic carbocycles. The third-order valence-corrected chi connectivity index (χ3v) is 6.18. The topological polar surface area (TPSA) is 85.3 Å². The molecule has 34 heavy (non-hydrogen) atoms. The summed E-state index contributed by atoms with van der Waals surface area (Å²) in [6, 6.07) is 8.87. The number of rotatable bonds is 3. The molecule has 6 nitrogen and oxygen atoms in total. The number of carbonyl (C=O) groups excluding carboxylic acids is 1. The Morgan fingerprint density at radius 2 is 1.94 bits per heavy atom. The fourth-order valence-corrected chi connectivity index (χ4v) is 4.60. The standard InChI is InChI=1S/C24H16ClF3N2O4/c25-15-5-3-4-14(24(26,27)28)20(15)22(33)23-29-21(16-6-1-2-9-30(16)23)12-7-8-13-17(31)11-19(32)34-18(13)10-12/h3-5,7-8,10-11,31H,1-2,6,9H2. The fourth-order valence-electron chi connectivity index (χ4n) is 4.34. The number of fused-ring (bicyclic) bond motifs is 2. The van der Waals surface area contributed by atoms with Crippen molar-refractivity contribution in [2.24, 2.45) is 0 Å². The predicted octanol–water partition coefficient (Wildman–Crippen LogP) is 5.60. The lowest BCUT2D eigenvalue weighted by Gasteiger charge is -2.18. The molecule has 4 aromatic rings. The van der Waals surface area contributed by atoms with Gasteiger partial charge in [-0.2, -0.15) is 13.2 Å². The van der Waals surface area contributed by atoms with E-state index < -0.39 is 28.7 Å². The van der Waals surface area contributed by atoms with Crippen molar-refractivity contribution >= 4 is 28.4 Å². The Balaban J connectivity index is 1.70. The van der Waals surface area contributed by atoms with Crippen LogP contribution in [0.1, 0.15) is 40.3 Å². The third kappa shape index (κ3) is 3.66. The average molecular weight is 489 g/mol. The number of ketones is 1. The lowest BCUT2D eigenvalue weighted by atomic mass is 10.0. The van der Waals surface area contributed by atoms with E-state index in [9.17, 15) is 27.9 Å². The molecule has 0 spiro atoms. The number of nitrogens with zero attached hydrogens (tertiary/aromatic N) is 2. The summed E-state index contributed by atoms with van der Waals surface area (Å²) in [5, 5.41) is 10.0. The second kappa shape index (κ2) is 8.02. The molecular formula is C24H16ClF3N2O4. The summed E-state index contributed by atoms with van der Waals surface area (Å²) in [6.45, 7) is 0.415. The van der Waals surface area contributed by atoms with Crippen molar-refractivity contribution in [3.05, 3.63) is 80.6 Å². The SMILES string of the molecule is O=C(c1c(Cl)cccc1C(F)(F)F)c1nc(-c2ccc3c(O)cc(=O)oc3c2)c2n1CCCC2. The number of carbonyl (C=O) groups is 1. The molecule has 0 unspecified atom stereocenters. The smallest absolute Gasteiger partial charge is 0.417 e. The van der Waals surface area contributed by atoms with Crippen LogP contribution in [0.3, 0.4) is 0 Å². The van der Waals surface area contributed by atoms with E-state index in [1.165, 1.54) is 12.1 Å². The van der Waals surface area contributed by atoms with Crippen LogP contribution in [0.15, 0.2) is 51.7 Å². The first kappa shape index (κ1) is 22.2. The first-order valence-corrected chi connectivity index (χ1v) is 10.8. The number of imidazole rings is 1. The molecule has 174 valence electrons. The van der Waals surface area contributed by atoms with Crippen LogP contribution in [-0.4, -0.2) is 20.4 Å². The van der Waals surface area contributed by atoms with Crippen LogP contribution in [0.4, 0.5) is 13.2 Å². The Kier molecular flexibility index (Phi) is 5.24. The summed E-state index contributed by atoms with van der Waals surface area (Å²) in [4.78, 5) is 29.5. The zero-order valence-corrected chi connectivity index (χ0v) is 18.2. The Morgan fingerprint density at radius 1 is 1.15 bits per heavy atom. The molecule has 0 radical (unpaired) electrons. The van der Waals surface area contributed by atoms with Crippen molar-refractivity contribution in [1.29, 1.82) is 0 Å². The highest BCUT2D eigenvalue weighted by Crippen LogP contribution is 2.38. The molecule has 5 rings (SSSR count). The van der Waals surface area contributed by atoms with Crippen molar-refractivity contribution < 1.29 is 27.5 Å². The van der Waals surface area contributed by atoms with Gasteiger partial charge >= 0.3 is 11.8 Å². The number of hydrogen-bond acceptors (Lipinski definition) is 5. The van der Waals surface area contributed by atoms with E-state index in [-0.39, 0.29) is 22.2 Å². The monoisotopic (exact) mass is 488 g/mol. The van der Waals surface area contributed by atoms with Crippen LogP contribution in [-0.2, 0) is 19.1 Å². The maximum absolute atomic E-state index is 13.6. The number of aromatic hydroxyl groups is 1. The van der Waals surface area contributed by atoms with Gasteiger partial charge in [0.15, 0.2) is 5.82 Å². The minimum atomic E-state index is -4.77. The summed E-state index contributed by atoms with van der Waals surface area (Å²) in [6.07, 6.45) is -2.66. The second-order valence-electron chi connectivity index (χ2n) is 7.99. The van der Waals surface area contributed by atoms with Crippen LogP contribution in [0, 0.1) is 0 Å². The normalized spacial score (nSPS) is 13.8. The third-order valence-electron chi connectivity index (χ3n) is 5.86. The van der Waals surface area contributed by atoms with Gasteiger partial charge in [0.25, 0.3) is 0 Å². The Hall–Kier alpha value is -3.59. The maximum atomic E-state index is 13.6. The molecule has 3 heterocycles. The minimum Gasteiger partial charge on any atom is -0.507 e. The molecule has 2 aromatic heterocycles. The summed E-state index contributed by atoms with van der Waals surface area (Å²) in [5.74, 6) is -1.29. The second-order valence-corrected chi connectivity index (χ2v) is 8.40. The van der Waals surface area contributed by atoms with Crippen molar-refractivity contribution in [3.8, 4) is 17.0 Å². The number of benzene rings is 2. The number of halogens is 4. The van der Waals surface area contributed by atoms with Gasteiger partial charge in [-0.25, -0.2) is 9.78 Å². The average Bonchev–Trinajstić information content (AvgIpc) is 3.17. The van der Waals surface area contributed by atoms with Crippen molar-refractivity contribution in [2.45, 2.75) is 32.0 Å². The van der Waals surface area contributed by atoms with Gasteiger partial charge in [0, 0.05) is 17.8 Å². The molecule has 0 bridgehead atoms. The summed E-state index contributed by atoms with van der Waals surface area (Å²) < 4.78 is 47.7. The number of hydrogen-bond donors (Lipinski definition) is 1. The molecule has 1 N–H and O–H groups in total. The molecule has 0 saturated carbocycles. The summed E-state index contributed by atoms with van der Waals surface area (Å²) in [5.41, 5.74) is -0.782. The van der Waals surface area contributed by atoms with Crippen molar-refractivity contribution in [1.82, 2.24) is 9.55 Å². The molecular weight excluding hydrogens is 473 g/mol. The Morgan fingerprint density at radius 3 is 2.71 bits per heavy atom. The van der Waals surface area contributed by atoms with E-state index in [4.69, 9.17) is 16.0 Å². The van der Waals surface area contributed by atoms with Crippen LogP contribution in [0.25, 0.3) is 22.2 Å². The minimum absolute atomic E-state index is 0.124. The van der Waals surface area contributed by atoms with Gasteiger partial charge in [0.05, 0.1) is 33.3 Å². The maximum Gasteiger partial charge on any atom is 0.417 e. The molecule has 0 amide bonds. The number of aromatic nitrogens is 2. The lowest BCUT2D eigenvalue weighted by molar-refractivity contribution is -0.137. The van der Waals surface area contributed by atoms with Crippen LogP contribution in [0.2, 0.25) is 5.02 Å². The van der Waals surface area contributed by atoms with Gasteiger partial charge < -0.3 is 14.1 Å². The van der Waals surface area contributed by atoms with Crippen LogP contribution >= 0.6 is 11.6 Å². The van der Waals surface area contributed by atoms with E-state index in [0.717, 1.165) is 31.0 Å². The Labute approximate surface area is 195 Å². The van der Waals surface area contributed by atoms with Gasteiger partial charge in [0.1, 0.15) is 11.3 Å². The zero-order valence-electron chi connectivity index (χ0n) is 17.4. The molecule has 0 fully saturated rings. The molecule has 0 saturated heterocycles. The van der Waals surface area contributed by atoms with Gasteiger partial charge in [-0.05, 0) is 43.5 Å².